The maximum Gasteiger partial charge on any atom is 0.0619 e. The highest BCUT2D eigenvalue weighted by atomic mass is 14.7. The molecule has 4 aromatic rings. The van der Waals surface area contributed by atoms with Gasteiger partial charge in [-0.15, -0.1) is 0 Å². The van der Waals surface area contributed by atoms with E-state index in [1.54, 1.807) is 0 Å². The lowest BCUT2D eigenvalue weighted by atomic mass is 9.95. The van der Waals surface area contributed by atoms with Crippen LogP contribution in [-0.4, -0.2) is 9.97 Å². The fourth-order valence-electron chi connectivity index (χ4n) is 3.54. The number of nitrogens with one attached hydrogen (secondary N) is 2. The van der Waals surface area contributed by atoms with E-state index >= 15 is 0 Å². The van der Waals surface area contributed by atoms with Gasteiger partial charge in [0.25, 0.3) is 0 Å². The molecule has 0 saturated heterocycles. The first kappa shape index (κ1) is 14.9. The van der Waals surface area contributed by atoms with Crippen molar-refractivity contribution in [1.29, 1.82) is 0 Å². The Labute approximate surface area is 142 Å². The third-order valence-corrected chi connectivity index (χ3v) is 4.91. The topological polar surface area (TPSA) is 31.6 Å². The quantitative estimate of drug-likeness (QED) is 0.483. The Balaban J connectivity index is 1.64. The number of benzene rings is 2. The van der Waals surface area contributed by atoms with Crippen molar-refractivity contribution in [2.24, 2.45) is 0 Å². The summed E-state index contributed by atoms with van der Waals surface area (Å²) in [5.74, 6) is 0.992. The highest BCUT2D eigenvalue weighted by molar-refractivity contribution is 5.84. The Hall–Kier alpha value is -2.66. The Morgan fingerprint density at radius 3 is 2.71 bits per heavy atom. The van der Waals surface area contributed by atoms with Gasteiger partial charge in [-0.3, -0.25) is 0 Å². The van der Waals surface area contributed by atoms with E-state index in [-0.39, 0.29) is 0 Å². The second-order valence-electron chi connectivity index (χ2n) is 7.04. The molecule has 0 aliphatic carbocycles. The molecule has 0 bridgehead atoms. The third-order valence-electron chi connectivity index (χ3n) is 4.91. The van der Waals surface area contributed by atoms with Crippen LogP contribution in [0.3, 0.4) is 0 Å². The lowest BCUT2D eigenvalue weighted by Gasteiger charge is -2.11. The van der Waals surface area contributed by atoms with Crippen molar-refractivity contribution in [2.45, 2.75) is 39.0 Å². The van der Waals surface area contributed by atoms with E-state index in [1.807, 2.05) is 0 Å². The zero-order valence-corrected chi connectivity index (χ0v) is 14.4. The van der Waals surface area contributed by atoms with Gasteiger partial charge in [-0.2, -0.15) is 0 Å². The highest BCUT2D eigenvalue weighted by Gasteiger charge is 2.12. The molecule has 1 atom stereocenters. The minimum absolute atomic E-state index is 0.452. The molecule has 2 aromatic carbocycles. The fourth-order valence-corrected chi connectivity index (χ4v) is 3.54. The molecule has 2 N–H and O–H groups in total. The molecular weight excluding hydrogens is 292 g/mol. The van der Waals surface area contributed by atoms with E-state index in [4.69, 9.17) is 0 Å². The largest absolute Gasteiger partial charge is 0.358 e. The van der Waals surface area contributed by atoms with Crippen LogP contribution in [0.1, 0.15) is 49.4 Å². The van der Waals surface area contributed by atoms with Gasteiger partial charge in [-0.25, -0.2) is 0 Å². The Bertz CT molecular complexity index is 987. The van der Waals surface area contributed by atoms with Gasteiger partial charge < -0.3 is 9.97 Å². The van der Waals surface area contributed by atoms with E-state index in [9.17, 15) is 0 Å². The number of aromatic amines is 2. The SMILES string of the molecule is CC(C)c1cccc2[nH]c(CC(C)c3ccc4c#c[nH]c4c3)cc12. The first-order chi connectivity index (χ1) is 11.6. The number of rotatable bonds is 4. The molecule has 24 heavy (non-hydrogen) atoms. The zero-order valence-electron chi connectivity index (χ0n) is 14.4. The molecule has 1 unspecified atom stereocenters. The summed E-state index contributed by atoms with van der Waals surface area (Å²) in [6.07, 6.45) is 3.94. The Kier molecular flexibility index (Phi) is 3.58. The van der Waals surface area contributed by atoms with Crippen LogP contribution in [0.2, 0.25) is 0 Å². The average molecular weight is 314 g/mol. The standard InChI is InChI=1S/C22H22N2/c1-14(2)19-5-4-6-21-20(19)13-18(24-21)11-15(3)17-8-7-16-9-10-23-22(16)12-17/h4-8,12-15,23-24H,11H2,1-3H3. The third kappa shape index (κ3) is 2.57. The molecule has 4 rings (SSSR count). The average Bonchev–Trinajstić information content (AvgIpc) is 3.19. The summed E-state index contributed by atoms with van der Waals surface area (Å²) in [5, 5.41) is 2.46. The van der Waals surface area contributed by atoms with Crippen LogP contribution in [0.4, 0.5) is 0 Å². The first-order valence-corrected chi connectivity index (χ1v) is 8.63. The van der Waals surface area contributed by atoms with Gasteiger partial charge in [0.05, 0.1) is 10.9 Å². The van der Waals surface area contributed by atoms with Crippen LogP contribution < -0.4 is 0 Å². The number of H-pyrrole nitrogens is 2. The molecule has 120 valence electrons. The second kappa shape index (κ2) is 5.76. The zero-order chi connectivity index (χ0) is 16.7. The Morgan fingerprint density at radius 2 is 1.88 bits per heavy atom. The van der Waals surface area contributed by atoms with Crippen LogP contribution in [0.5, 0.6) is 0 Å². The normalized spacial score (nSPS) is 12.8. The molecule has 2 heteroatoms. The minimum atomic E-state index is 0.452. The molecular formula is C22H22N2. The van der Waals surface area contributed by atoms with Gasteiger partial charge in [-0.05, 0) is 59.7 Å². The van der Waals surface area contributed by atoms with Crippen LogP contribution in [0.15, 0.2) is 42.5 Å². The fraction of sp³-hybridized carbons (Fsp3) is 0.273. The van der Waals surface area contributed by atoms with Gasteiger partial charge in [0.2, 0.25) is 0 Å². The van der Waals surface area contributed by atoms with Crippen molar-refractivity contribution >= 4 is 21.8 Å². The molecule has 0 radical (unpaired) electrons. The molecule has 0 fully saturated rings. The minimum Gasteiger partial charge on any atom is -0.358 e. The van der Waals surface area contributed by atoms with Gasteiger partial charge in [-0.1, -0.05) is 39.0 Å². The van der Waals surface area contributed by atoms with Crippen LogP contribution in [-0.2, 0) is 6.42 Å². The second-order valence-corrected chi connectivity index (χ2v) is 7.04. The summed E-state index contributed by atoms with van der Waals surface area (Å²) in [6.45, 7) is 6.79. The summed E-state index contributed by atoms with van der Waals surface area (Å²) in [6, 6.07) is 18.5. The van der Waals surface area contributed by atoms with Crippen LogP contribution in [0, 0.1) is 12.3 Å². The molecule has 0 saturated carbocycles. The Morgan fingerprint density at radius 1 is 1.00 bits per heavy atom. The molecule has 0 aliphatic rings. The number of hydrogen-bond donors (Lipinski definition) is 2. The first-order valence-electron chi connectivity index (χ1n) is 8.63. The summed E-state index contributed by atoms with van der Waals surface area (Å²) in [7, 11) is 0. The van der Waals surface area contributed by atoms with E-state index < -0.39 is 0 Å². The van der Waals surface area contributed by atoms with Crippen molar-refractivity contribution in [1.82, 2.24) is 9.97 Å². The summed E-state index contributed by atoms with van der Waals surface area (Å²) >= 11 is 0. The number of hydrogen-bond acceptors (Lipinski definition) is 0. The van der Waals surface area contributed by atoms with E-state index in [0.717, 1.165) is 17.3 Å². The molecule has 2 aromatic heterocycles. The maximum absolute atomic E-state index is 3.60. The van der Waals surface area contributed by atoms with Crippen molar-refractivity contribution in [2.75, 3.05) is 0 Å². The van der Waals surface area contributed by atoms with Gasteiger partial charge in [0, 0.05) is 22.8 Å². The van der Waals surface area contributed by atoms with Crippen molar-refractivity contribution in [3.05, 3.63) is 71.5 Å². The van der Waals surface area contributed by atoms with Gasteiger partial charge in [0.15, 0.2) is 0 Å². The molecule has 0 aliphatic heterocycles. The molecule has 0 spiro atoms. The number of fused-ring (bicyclic) bond motifs is 2. The lowest BCUT2D eigenvalue weighted by molar-refractivity contribution is 0.747. The van der Waals surface area contributed by atoms with E-state index in [1.165, 1.54) is 27.7 Å². The monoisotopic (exact) mass is 314 g/mol. The number of aromatic nitrogens is 2. The van der Waals surface area contributed by atoms with Gasteiger partial charge in [0.1, 0.15) is 0 Å². The van der Waals surface area contributed by atoms with E-state index in [0.29, 0.717) is 11.8 Å². The molecule has 2 nitrogen and oxygen atoms in total. The molecule has 0 amide bonds. The summed E-state index contributed by atoms with van der Waals surface area (Å²) in [5.41, 5.74) is 6.41. The van der Waals surface area contributed by atoms with E-state index in [2.05, 4.69) is 85.5 Å². The summed E-state index contributed by atoms with van der Waals surface area (Å²) < 4.78 is 0. The molecule has 2 heterocycles. The maximum atomic E-state index is 3.60. The smallest absolute Gasteiger partial charge is 0.0619 e. The van der Waals surface area contributed by atoms with Crippen molar-refractivity contribution in [3.63, 3.8) is 0 Å². The van der Waals surface area contributed by atoms with Crippen molar-refractivity contribution in [3.8, 4) is 0 Å². The predicted molar refractivity (Wildman–Crippen MR) is 100 cm³/mol. The predicted octanol–water partition coefficient (Wildman–Crippen LogP) is 5.72. The van der Waals surface area contributed by atoms with Crippen molar-refractivity contribution < 1.29 is 0 Å². The van der Waals surface area contributed by atoms with Crippen LogP contribution in [0.25, 0.3) is 21.8 Å². The summed E-state index contributed by atoms with van der Waals surface area (Å²) in [4.78, 5) is 6.74. The highest BCUT2D eigenvalue weighted by Crippen LogP contribution is 2.29. The van der Waals surface area contributed by atoms with Gasteiger partial charge >= 0.3 is 0 Å². The lowest BCUT2D eigenvalue weighted by Crippen LogP contribution is -1.98. The van der Waals surface area contributed by atoms with Crippen LogP contribution >= 0.6 is 0 Å².